The Morgan fingerprint density at radius 1 is 1.47 bits per heavy atom. The Bertz CT molecular complexity index is 248. The Kier molecular flexibility index (Phi) is 21.5. The second-order valence-corrected chi connectivity index (χ2v) is 3.22. The molecule has 6 heteroatoms. The molecule has 5 nitrogen and oxygen atoms in total. The molecular weight excluding hydrogens is 240 g/mol. The van der Waals surface area contributed by atoms with Crippen LogP contribution in [0.3, 0.4) is 0 Å². The lowest BCUT2D eigenvalue weighted by molar-refractivity contribution is -0.113. The number of amides is 1. The number of primary amides is 1. The van der Waals surface area contributed by atoms with Gasteiger partial charge in [-0.25, -0.2) is 9.98 Å². The normalized spacial score (nSPS) is 8.00. The van der Waals surface area contributed by atoms with Crippen molar-refractivity contribution in [2.24, 2.45) is 15.7 Å². The first-order valence-electron chi connectivity index (χ1n) is 5.19. The van der Waals surface area contributed by atoms with Crippen LogP contribution >= 0.6 is 12.4 Å². The van der Waals surface area contributed by atoms with Crippen molar-refractivity contribution >= 4 is 24.3 Å². The third-order valence-electron chi connectivity index (χ3n) is 1.38. The monoisotopic (exact) mass is 262 g/mol. The molecule has 0 aliphatic rings. The van der Waals surface area contributed by atoms with E-state index in [9.17, 15) is 4.79 Å². The molecule has 0 unspecified atom stereocenters. The van der Waals surface area contributed by atoms with E-state index in [0.717, 1.165) is 32.1 Å². The summed E-state index contributed by atoms with van der Waals surface area (Å²) in [4.78, 5) is 19.5. The van der Waals surface area contributed by atoms with Gasteiger partial charge in [-0.1, -0.05) is 6.58 Å². The van der Waals surface area contributed by atoms with Crippen molar-refractivity contribution < 1.29 is 4.79 Å². The first-order valence-corrected chi connectivity index (χ1v) is 5.19. The van der Waals surface area contributed by atoms with Crippen molar-refractivity contribution in [3.8, 4) is 0 Å². The molecule has 0 bridgehead atoms. The zero-order chi connectivity index (χ0) is 12.8. The van der Waals surface area contributed by atoms with Crippen LogP contribution < -0.4 is 5.73 Å². The lowest BCUT2D eigenvalue weighted by Crippen LogP contribution is -2.13. The summed E-state index contributed by atoms with van der Waals surface area (Å²) in [6.07, 6.45) is 2.14. The number of hydrogen-bond acceptors (Lipinski definition) is 4. The maximum absolute atomic E-state index is 9.47. The highest BCUT2D eigenvalue weighted by atomic mass is 35.5. The third-order valence-corrected chi connectivity index (χ3v) is 1.38. The molecule has 0 aliphatic heterocycles. The number of rotatable bonds is 6. The molecule has 0 aliphatic carbocycles. The van der Waals surface area contributed by atoms with E-state index in [1.165, 1.54) is 0 Å². The molecule has 0 spiro atoms. The number of aliphatic imine (C=N–C) groups is 2. The molecule has 2 N–H and O–H groups in total. The van der Waals surface area contributed by atoms with Gasteiger partial charge in [-0.15, -0.1) is 12.4 Å². The zero-order valence-corrected chi connectivity index (χ0v) is 11.7. The first-order chi connectivity index (χ1) is 7.54. The molecule has 1 amide bonds. The SMILES string of the molecule is C=CC(N)=O.CCN=C=NCCCN(C)C.Cl. The largest absolute Gasteiger partial charge is 0.366 e. The van der Waals surface area contributed by atoms with Crippen LogP contribution in [0.4, 0.5) is 0 Å². The van der Waals surface area contributed by atoms with Crippen LogP contribution in [0.1, 0.15) is 13.3 Å². The van der Waals surface area contributed by atoms with Gasteiger partial charge in [0, 0.05) is 6.54 Å². The maximum Gasteiger partial charge on any atom is 0.240 e. The molecule has 0 fully saturated rings. The van der Waals surface area contributed by atoms with E-state index in [1.807, 2.05) is 6.92 Å². The van der Waals surface area contributed by atoms with Crippen LogP contribution in [0, 0.1) is 0 Å². The van der Waals surface area contributed by atoms with Gasteiger partial charge in [0.05, 0.1) is 12.6 Å². The summed E-state index contributed by atoms with van der Waals surface area (Å²) in [5.41, 5.74) is 4.53. The second-order valence-electron chi connectivity index (χ2n) is 3.22. The zero-order valence-electron chi connectivity index (χ0n) is 10.8. The van der Waals surface area contributed by atoms with Gasteiger partial charge in [0.25, 0.3) is 0 Å². The molecule has 0 aromatic carbocycles. The number of nitrogens with two attached hydrogens (primary N) is 1. The van der Waals surface area contributed by atoms with E-state index in [1.54, 1.807) is 0 Å². The highest BCUT2D eigenvalue weighted by molar-refractivity contribution is 5.85. The summed E-state index contributed by atoms with van der Waals surface area (Å²) < 4.78 is 0. The fraction of sp³-hybridized carbons (Fsp3) is 0.636. The summed E-state index contributed by atoms with van der Waals surface area (Å²) in [6.45, 7) is 7.75. The molecular formula is C11H23ClN4O. The topological polar surface area (TPSA) is 71.0 Å². The average Bonchev–Trinajstić information content (AvgIpc) is 2.23. The Morgan fingerprint density at radius 2 is 2.00 bits per heavy atom. The Labute approximate surface area is 110 Å². The third kappa shape index (κ3) is 31.3. The van der Waals surface area contributed by atoms with Crippen molar-refractivity contribution in [3.05, 3.63) is 12.7 Å². The quantitative estimate of drug-likeness (QED) is 0.444. The van der Waals surface area contributed by atoms with E-state index in [0.29, 0.717) is 0 Å². The van der Waals surface area contributed by atoms with Crippen molar-refractivity contribution in [1.82, 2.24) is 4.90 Å². The number of hydrogen-bond donors (Lipinski definition) is 1. The first kappa shape index (κ1) is 21.2. The minimum atomic E-state index is -0.481. The van der Waals surface area contributed by atoms with Gasteiger partial charge in [-0.2, -0.15) is 0 Å². The fourth-order valence-electron chi connectivity index (χ4n) is 0.637. The summed E-state index contributed by atoms with van der Waals surface area (Å²) in [7, 11) is 4.12. The van der Waals surface area contributed by atoms with E-state index in [2.05, 4.69) is 47.3 Å². The van der Waals surface area contributed by atoms with Gasteiger partial charge in [0.15, 0.2) is 0 Å². The lowest BCUT2D eigenvalue weighted by Gasteiger charge is -2.05. The van der Waals surface area contributed by atoms with Crippen LogP contribution in [-0.4, -0.2) is 50.5 Å². The van der Waals surface area contributed by atoms with Gasteiger partial charge < -0.3 is 10.6 Å². The Morgan fingerprint density at radius 3 is 2.35 bits per heavy atom. The van der Waals surface area contributed by atoms with Crippen LogP contribution in [0.25, 0.3) is 0 Å². The van der Waals surface area contributed by atoms with Gasteiger partial charge >= 0.3 is 0 Å². The molecule has 0 atom stereocenters. The molecule has 0 radical (unpaired) electrons. The average molecular weight is 263 g/mol. The van der Waals surface area contributed by atoms with Gasteiger partial charge in [0.1, 0.15) is 0 Å². The smallest absolute Gasteiger partial charge is 0.240 e. The Hall–Kier alpha value is -1.16. The van der Waals surface area contributed by atoms with Crippen molar-refractivity contribution in [3.63, 3.8) is 0 Å². The van der Waals surface area contributed by atoms with Crippen molar-refractivity contribution in [2.45, 2.75) is 13.3 Å². The standard InChI is InChI=1S/C8H17N3.C3H5NO.ClH/c1-4-9-8-10-6-5-7-11(2)3;1-2-3(4)5;/h4-7H2,1-3H3;2H,1H2,(H2,4,5);1H. The molecule has 0 aromatic rings. The van der Waals surface area contributed by atoms with Crippen LogP contribution in [0.2, 0.25) is 0 Å². The highest BCUT2D eigenvalue weighted by Gasteiger charge is 1.86. The van der Waals surface area contributed by atoms with Gasteiger partial charge in [-0.05, 0) is 40.1 Å². The number of halogens is 1. The second kappa shape index (κ2) is 17.2. The van der Waals surface area contributed by atoms with Crippen molar-refractivity contribution in [2.75, 3.05) is 33.7 Å². The molecule has 0 saturated heterocycles. The molecule has 0 saturated carbocycles. The summed E-state index contributed by atoms with van der Waals surface area (Å²) >= 11 is 0. The lowest BCUT2D eigenvalue weighted by atomic mass is 10.4. The van der Waals surface area contributed by atoms with Crippen LogP contribution in [0.15, 0.2) is 22.6 Å². The molecule has 17 heavy (non-hydrogen) atoms. The van der Waals surface area contributed by atoms with E-state index >= 15 is 0 Å². The summed E-state index contributed by atoms with van der Waals surface area (Å²) in [6, 6.07) is 2.64. The predicted octanol–water partition coefficient (Wildman–Crippen LogP) is 1.21. The van der Waals surface area contributed by atoms with Crippen molar-refractivity contribution in [1.29, 1.82) is 0 Å². The van der Waals surface area contributed by atoms with Gasteiger partial charge in [-0.3, -0.25) is 4.79 Å². The maximum atomic E-state index is 9.47. The molecule has 100 valence electrons. The minimum Gasteiger partial charge on any atom is -0.366 e. The summed E-state index contributed by atoms with van der Waals surface area (Å²) in [5, 5.41) is 0. The van der Waals surface area contributed by atoms with E-state index in [4.69, 9.17) is 0 Å². The van der Waals surface area contributed by atoms with Crippen LogP contribution in [-0.2, 0) is 4.79 Å². The number of carbonyl (C=O) groups is 1. The molecule has 0 aromatic heterocycles. The Balaban J connectivity index is -0.000000280. The number of carbonyl (C=O) groups excluding carboxylic acids is 1. The summed E-state index contributed by atoms with van der Waals surface area (Å²) in [5.74, 6) is -0.481. The fourth-order valence-corrected chi connectivity index (χ4v) is 0.637. The minimum absolute atomic E-state index is 0. The number of nitrogens with zero attached hydrogens (tertiary/aromatic N) is 3. The molecule has 0 heterocycles. The van der Waals surface area contributed by atoms with Gasteiger partial charge in [0.2, 0.25) is 5.91 Å². The van der Waals surface area contributed by atoms with Crippen LogP contribution in [0.5, 0.6) is 0 Å². The molecule has 0 rings (SSSR count). The van der Waals surface area contributed by atoms with E-state index in [-0.39, 0.29) is 12.4 Å². The highest BCUT2D eigenvalue weighted by Crippen LogP contribution is 1.82. The van der Waals surface area contributed by atoms with E-state index < -0.39 is 5.91 Å². The predicted molar refractivity (Wildman–Crippen MR) is 75.1 cm³/mol.